The van der Waals surface area contributed by atoms with Gasteiger partial charge in [0.1, 0.15) is 11.6 Å². The van der Waals surface area contributed by atoms with Crippen molar-refractivity contribution in [1.82, 2.24) is 10.2 Å². The molecular formula is C15H28N2O4. The molecule has 0 spiro atoms. The highest BCUT2D eigenvalue weighted by Gasteiger charge is 2.26. The Morgan fingerprint density at radius 2 is 1.90 bits per heavy atom. The first-order chi connectivity index (χ1) is 9.73. The van der Waals surface area contributed by atoms with Gasteiger partial charge in [0.2, 0.25) is 0 Å². The van der Waals surface area contributed by atoms with E-state index in [1.165, 1.54) is 7.11 Å². The number of methoxy groups -OCH3 is 1. The lowest BCUT2D eigenvalue weighted by atomic mass is 10.1. The number of likely N-dealkylation sites (tertiary alicyclic amines) is 1. The molecule has 0 aromatic carbocycles. The van der Waals surface area contributed by atoms with Crippen LogP contribution in [0.15, 0.2) is 0 Å². The molecule has 1 aliphatic rings. The number of hydrogen-bond acceptors (Lipinski definition) is 5. The lowest BCUT2D eigenvalue weighted by molar-refractivity contribution is -0.142. The maximum Gasteiger partial charge on any atom is 0.410 e. The van der Waals surface area contributed by atoms with E-state index in [1.54, 1.807) is 11.8 Å². The fourth-order valence-electron chi connectivity index (χ4n) is 2.37. The van der Waals surface area contributed by atoms with E-state index in [4.69, 9.17) is 9.47 Å². The van der Waals surface area contributed by atoms with Gasteiger partial charge in [-0.15, -0.1) is 0 Å². The monoisotopic (exact) mass is 300 g/mol. The van der Waals surface area contributed by atoms with Crippen molar-refractivity contribution in [1.29, 1.82) is 0 Å². The average molecular weight is 300 g/mol. The Kier molecular flexibility index (Phi) is 6.45. The van der Waals surface area contributed by atoms with Gasteiger partial charge in [0.25, 0.3) is 0 Å². The summed E-state index contributed by atoms with van der Waals surface area (Å²) in [6.07, 6.45) is 2.37. The van der Waals surface area contributed by atoms with Crippen molar-refractivity contribution in [2.24, 2.45) is 0 Å². The molecule has 0 bridgehead atoms. The van der Waals surface area contributed by atoms with Crippen molar-refractivity contribution in [3.63, 3.8) is 0 Å². The third-order valence-corrected chi connectivity index (χ3v) is 3.42. The summed E-state index contributed by atoms with van der Waals surface area (Å²) in [5.41, 5.74) is -0.472. The Bertz CT molecular complexity index is 365. The van der Waals surface area contributed by atoms with E-state index in [9.17, 15) is 9.59 Å². The molecule has 0 saturated carbocycles. The summed E-state index contributed by atoms with van der Waals surface area (Å²) in [5.74, 6) is -0.261. The second-order valence-electron chi connectivity index (χ2n) is 6.51. The second kappa shape index (κ2) is 7.64. The van der Waals surface area contributed by atoms with Gasteiger partial charge in [-0.1, -0.05) is 0 Å². The summed E-state index contributed by atoms with van der Waals surface area (Å²) in [6.45, 7) is 8.73. The van der Waals surface area contributed by atoms with Gasteiger partial charge in [-0.2, -0.15) is 0 Å². The van der Waals surface area contributed by atoms with Crippen molar-refractivity contribution >= 4 is 12.1 Å². The van der Waals surface area contributed by atoms with Crippen LogP contribution < -0.4 is 5.32 Å². The smallest absolute Gasteiger partial charge is 0.410 e. The van der Waals surface area contributed by atoms with Gasteiger partial charge in [0.05, 0.1) is 7.11 Å². The van der Waals surface area contributed by atoms with Crippen LogP contribution in [0, 0.1) is 0 Å². The predicted octanol–water partition coefficient (Wildman–Crippen LogP) is 1.93. The molecule has 1 fully saturated rings. The summed E-state index contributed by atoms with van der Waals surface area (Å²) in [4.78, 5) is 25.2. The molecule has 0 aromatic rings. The highest BCUT2D eigenvalue weighted by molar-refractivity contribution is 5.75. The van der Waals surface area contributed by atoms with Gasteiger partial charge in [-0.05, 0) is 47.0 Å². The van der Waals surface area contributed by atoms with E-state index in [1.807, 2.05) is 20.8 Å². The number of carbonyl (C=O) groups excluding carboxylic acids is 2. The molecule has 0 radical (unpaired) electrons. The van der Waals surface area contributed by atoms with Gasteiger partial charge in [0.15, 0.2) is 0 Å². The molecule has 0 aliphatic carbocycles. The van der Waals surface area contributed by atoms with Gasteiger partial charge < -0.3 is 19.7 Å². The topological polar surface area (TPSA) is 67.9 Å². The minimum absolute atomic E-state index is 0.214. The fourth-order valence-corrected chi connectivity index (χ4v) is 2.37. The molecule has 1 unspecified atom stereocenters. The number of rotatable bonds is 3. The molecule has 1 aliphatic heterocycles. The predicted molar refractivity (Wildman–Crippen MR) is 80.1 cm³/mol. The quantitative estimate of drug-likeness (QED) is 0.807. The van der Waals surface area contributed by atoms with Gasteiger partial charge in [-0.3, -0.25) is 4.79 Å². The highest BCUT2D eigenvalue weighted by atomic mass is 16.6. The SMILES string of the molecule is COC(=O)[C@H](C)NC1CCCN(C(=O)OC(C)(C)C)CC1. The minimum Gasteiger partial charge on any atom is -0.468 e. The highest BCUT2D eigenvalue weighted by Crippen LogP contribution is 2.16. The summed E-state index contributed by atoms with van der Waals surface area (Å²) >= 11 is 0. The number of nitrogens with zero attached hydrogens (tertiary/aromatic N) is 1. The molecule has 2 atom stereocenters. The minimum atomic E-state index is -0.472. The third kappa shape index (κ3) is 6.33. The summed E-state index contributed by atoms with van der Waals surface area (Å²) in [6, 6.07) is -0.111. The van der Waals surface area contributed by atoms with Crippen molar-refractivity contribution in [3.8, 4) is 0 Å². The maximum absolute atomic E-state index is 12.1. The number of ether oxygens (including phenoxy) is 2. The summed E-state index contributed by atoms with van der Waals surface area (Å²) in [5, 5.41) is 3.26. The third-order valence-electron chi connectivity index (χ3n) is 3.42. The molecule has 21 heavy (non-hydrogen) atoms. The van der Waals surface area contributed by atoms with E-state index < -0.39 is 5.60 Å². The zero-order valence-corrected chi connectivity index (χ0v) is 13.8. The molecule has 0 aromatic heterocycles. The first-order valence-corrected chi connectivity index (χ1v) is 7.54. The first kappa shape index (κ1) is 17.8. The van der Waals surface area contributed by atoms with Crippen molar-refractivity contribution < 1.29 is 19.1 Å². The van der Waals surface area contributed by atoms with Crippen molar-refractivity contribution in [2.75, 3.05) is 20.2 Å². The van der Waals surface area contributed by atoms with Crippen LogP contribution >= 0.6 is 0 Å². The number of hydrogen-bond donors (Lipinski definition) is 1. The number of carbonyl (C=O) groups is 2. The molecule has 1 saturated heterocycles. The van der Waals surface area contributed by atoms with Gasteiger partial charge in [-0.25, -0.2) is 4.79 Å². The van der Waals surface area contributed by atoms with E-state index in [0.717, 1.165) is 19.3 Å². The number of amides is 1. The Morgan fingerprint density at radius 3 is 2.48 bits per heavy atom. The average Bonchev–Trinajstić information content (AvgIpc) is 2.61. The molecule has 6 nitrogen and oxygen atoms in total. The first-order valence-electron chi connectivity index (χ1n) is 7.54. The van der Waals surface area contributed by atoms with Crippen LogP contribution in [0.2, 0.25) is 0 Å². The largest absolute Gasteiger partial charge is 0.468 e. The standard InChI is InChI=1S/C15H28N2O4/c1-11(13(18)20-5)16-12-7-6-9-17(10-8-12)14(19)21-15(2,3)4/h11-12,16H,6-10H2,1-5H3/t11-,12?/m0/s1. The molecule has 6 heteroatoms. The fraction of sp³-hybridized carbons (Fsp3) is 0.867. The lowest BCUT2D eigenvalue weighted by Crippen LogP contribution is -2.43. The Hall–Kier alpha value is -1.30. The lowest BCUT2D eigenvalue weighted by Gasteiger charge is -2.26. The Labute approximate surface area is 127 Å². The Balaban J connectivity index is 2.47. The molecule has 122 valence electrons. The zero-order valence-electron chi connectivity index (χ0n) is 13.8. The second-order valence-corrected chi connectivity index (χ2v) is 6.51. The normalized spacial score (nSPS) is 21.4. The zero-order chi connectivity index (χ0) is 16.0. The van der Waals surface area contributed by atoms with Crippen LogP contribution in [0.4, 0.5) is 4.79 Å². The van der Waals surface area contributed by atoms with Crippen LogP contribution in [-0.4, -0.2) is 54.8 Å². The molecule has 1 heterocycles. The van der Waals surface area contributed by atoms with Crippen molar-refractivity contribution in [2.45, 2.75) is 64.6 Å². The number of esters is 1. The van der Waals surface area contributed by atoms with E-state index in [2.05, 4.69) is 5.32 Å². The molecular weight excluding hydrogens is 272 g/mol. The molecule has 1 amide bonds. The van der Waals surface area contributed by atoms with E-state index in [-0.39, 0.29) is 24.1 Å². The van der Waals surface area contributed by atoms with Crippen LogP contribution in [0.1, 0.15) is 47.0 Å². The Morgan fingerprint density at radius 1 is 1.24 bits per heavy atom. The van der Waals surface area contributed by atoms with E-state index >= 15 is 0 Å². The van der Waals surface area contributed by atoms with Crippen LogP contribution in [0.25, 0.3) is 0 Å². The van der Waals surface area contributed by atoms with E-state index in [0.29, 0.717) is 13.1 Å². The van der Waals surface area contributed by atoms with Gasteiger partial charge in [0, 0.05) is 19.1 Å². The number of nitrogens with one attached hydrogen (secondary N) is 1. The van der Waals surface area contributed by atoms with Crippen molar-refractivity contribution in [3.05, 3.63) is 0 Å². The van der Waals surface area contributed by atoms with Gasteiger partial charge >= 0.3 is 12.1 Å². The molecule has 1 rings (SSSR count). The maximum atomic E-state index is 12.1. The summed E-state index contributed by atoms with van der Waals surface area (Å²) in [7, 11) is 1.39. The summed E-state index contributed by atoms with van der Waals surface area (Å²) < 4.78 is 10.1. The van der Waals surface area contributed by atoms with Crippen LogP contribution in [0.5, 0.6) is 0 Å². The van der Waals surface area contributed by atoms with Crippen LogP contribution in [0.3, 0.4) is 0 Å². The van der Waals surface area contributed by atoms with Crippen LogP contribution in [-0.2, 0) is 14.3 Å². The molecule has 1 N–H and O–H groups in total.